The zero-order valence-electron chi connectivity index (χ0n) is 11.4. The van der Waals surface area contributed by atoms with Crippen LogP contribution in [-0.2, 0) is 12.8 Å². The Morgan fingerprint density at radius 3 is 2.62 bits per heavy atom. The summed E-state index contributed by atoms with van der Waals surface area (Å²) in [6.07, 6.45) is 1.90. The SMILES string of the molecule is Nc1c(I)cc(CC2NCCc3cc(O)ccc32)cc1I. The average molecular weight is 506 g/mol. The van der Waals surface area contributed by atoms with E-state index >= 15 is 0 Å². The summed E-state index contributed by atoms with van der Waals surface area (Å²) in [5, 5.41) is 13.2. The second-order valence-electron chi connectivity index (χ2n) is 5.32. The average Bonchev–Trinajstić information content (AvgIpc) is 2.44. The minimum atomic E-state index is 0.296. The first-order valence-corrected chi connectivity index (χ1v) is 8.99. The van der Waals surface area contributed by atoms with Gasteiger partial charge < -0.3 is 16.2 Å². The van der Waals surface area contributed by atoms with E-state index in [9.17, 15) is 5.11 Å². The number of nitrogen functional groups attached to an aromatic ring is 1. The van der Waals surface area contributed by atoms with Gasteiger partial charge in [-0.2, -0.15) is 0 Å². The molecule has 2 aromatic carbocycles. The van der Waals surface area contributed by atoms with Crippen molar-refractivity contribution in [3.8, 4) is 5.75 Å². The first kappa shape index (κ1) is 15.4. The van der Waals surface area contributed by atoms with Crippen LogP contribution in [0, 0.1) is 7.14 Å². The lowest BCUT2D eigenvalue weighted by molar-refractivity contribution is 0.466. The maximum atomic E-state index is 9.63. The molecule has 0 radical (unpaired) electrons. The van der Waals surface area contributed by atoms with E-state index in [0.717, 1.165) is 32.2 Å². The van der Waals surface area contributed by atoms with Crippen molar-refractivity contribution in [1.29, 1.82) is 0 Å². The van der Waals surface area contributed by atoms with Crippen LogP contribution in [0.15, 0.2) is 30.3 Å². The lowest BCUT2D eigenvalue weighted by Gasteiger charge is -2.27. The lowest BCUT2D eigenvalue weighted by atomic mass is 9.90. The van der Waals surface area contributed by atoms with E-state index < -0.39 is 0 Å². The van der Waals surface area contributed by atoms with E-state index in [4.69, 9.17) is 5.73 Å². The van der Waals surface area contributed by atoms with Gasteiger partial charge in [0.25, 0.3) is 0 Å². The van der Waals surface area contributed by atoms with Crippen LogP contribution >= 0.6 is 45.2 Å². The molecule has 0 spiro atoms. The number of halogens is 2. The first-order valence-electron chi connectivity index (χ1n) is 6.83. The molecular formula is C16H16I2N2O. The number of fused-ring (bicyclic) bond motifs is 1. The molecule has 0 bridgehead atoms. The summed E-state index contributed by atoms with van der Waals surface area (Å²) in [5.41, 5.74) is 10.7. The molecular weight excluding hydrogens is 490 g/mol. The fraction of sp³-hybridized carbons (Fsp3) is 0.250. The number of hydrogen-bond acceptors (Lipinski definition) is 3. The molecule has 5 heteroatoms. The van der Waals surface area contributed by atoms with Gasteiger partial charge in [-0.3, -0.25) is 0 Å². The zero-order valence-corrected chi connectivity index (χ0v) is 15.7. The summed E-state index contributed by atoms with van der Waals surface area (Å²) in [5.74, 6) is 0.353. The molecule has 1 atom stereocenters. The molecule has 0 saturated carbocycles. The lowest BCUT2D eigenvalue weighted by Crippen LogP contribution is -2.31. The Morgan fingerprint density at radius 2 is 1.90 bits per heavy atom. The van der Waals surface area contributed by atoms with Crippen molar-refractivity contribution in [2.45, 2.75) is 18.9 Å². The number of nitrogens with one attached hydrogen (secondary N) is 1. The third kappa shape index (κ3) is 3.29. The highest BCUT2D eigenvalue weighted by Gasteiger charge is 2.20. The third-order valence-electron chi connectivity index (χ3n) is 3.87. The van der Waals surface area contributed by atoms with Crippen molar-refractivity contribution in [3.63, 3.8) is 0 Å². The van der Waals surface area contributed by atoms with Crippen LogP contribution in [0.1, 0.15) is 22.7 Å². The largest absolute Gasteiger partial charge is 0.508 e. The molecule has 0 aromatic heterocycles. The van der Waals surface area contributed by atoms with Crippen LogP contribution in [0.3, 0.4) is 0 Å². The molecule has 1 heterocycles. The molecule has 0 fully saturated rings. The zero-order chi connectivity index (χ0) is 15.0. The molecule has 1 unspecified atom stereocenters. The van der Waals surface area contributed by atoms with Crippen LogP contribution in [0.25, 0.3) is 0 Å². The second kappa shape index (κ2) is 6.29. The van der Waals surface area contributed by atoms with Gasteiger partial charge in [-0.25, -0.2) is 0 Å². The molecule has 1 aliphatic rings. The summed E-state index contributed by atoms with van der Waals surface area (Å²) in [4.78, 5) is 0. The fourth-order valence-electron chi connectivity index (χ4n) is 2.81. The molecule has 2 aromatic rings. The molecule has 0 saturated heterocycles. The molecule has 3 rings (SSSR count). The van der Waals surface area contributed by atoms with E-state index in [1.807, 2.05) is 12.1 Å². The molecule has 3 nitrogen and oxygen atoms in total. The third-order valence-corrected chi connectivity index (χ3v) is 5.65. The van der Waals surface area contributed by atoms with Crippen molar-refractivity contribution in [2.24, 2.45) is 0 Å². The van der Waals surface area contributed by atoms with Gasteiger partial charge in [-0.1, -0.05) is 6.07 Å². The standard InChI is InChI=1S/C16H16I2N2O/c17-13-5-9(6-14(18)16(13)19)7-15-12-2-1-11(21)8-10(12)3-4-20-15/h1-2,5-6,8,15,20-21H,3-4,7,19H2. The van der Waals surface area contributed by atoms with E-state index in [1.165, 1.54) is 16.7 Å². The smallest absolute Gasteiger partial charge is 0.115 e. The topological polar surface area (TPSA) is 58.3 Å². The summed E-state index contributed by atoms with van der Waals surface area (Å²) in [6, 6.07) is 10.3. The minimum absolute atomic E-state index is 0.296. The van der Waals surface area contributed by atoms with Crippen LogP contribution in [0.4, 0.5) is 5.69 Å². The highest BCUT2D eigenvalue weighted by molar-refractivity contribution is 14.1. The maximum Gasteiger partial charge on any atom is 0.115 e. The molecule has 21 heavy (non-hydrogen) atoms. The Kier molecular flexibility index (Phi) is 4.60. The predicted molar refractivity (Wildman–Crippen MR) is 103 cm³/mol. The number of phenolic OH excluding ortho intramolecular Hbond substituents is 1. The summed E-state index contributed by atoms with van der Waals surface area (Å²) in [6.45, 7) is 0.949. The maximum absolute atomic E-state index is 9.63. The van der Waals surface area contributed by atoms with Crippen LogP contribution < -0.4 is 11.1 Å². The Labute approximate surface area is 151 Å². The highest BCUT2D eigenvalue weighted by Crippen LogP contribution is 2.30. The van der Waals surface area contributed by atoms with Gasteiger partial charge in [-0.15, -0.1) is 0 Å². The van der Waals surface area contributed by atoms with Crippen LogP contribution in [0.5, 0.6) is 5.75 Å². The normalized spacial score (nSPS) is 17.5. The Bertz CT molecular complexity index is 665. The second-order valence-corrected chi connectivity index (χ2v) is 7.64. The Morgan fingerprint density at radius 1 is 1.19 bits per heavy atom. The van der Waals surface area contributed by atoms with Gasteiger partial charge in [0.1, 0.15) is 5.75 Å². The molecule has 110 valence electrons. The van der Waals surface area contributed by atoms with E-state index in [0.29, 0.717) is 11.8 Å². The van der Waals surface area contributed by atoms with Gasteiger partial charge in [0.15, 0.2) is 0 Å². The first-order chi connectivity index (χ1) is 10.0. The quantitative estimate of drug-likeness (QED) is 0.431. The number of anilines is 1. The number of phenols is 1. The van der Waals surface area contributed by atoms with Crippen molar-refractivity contribution >= 4 is 50.9 Å². The van der Waals surface area contributed by atoms with E-state index in [1.54, 1.807) is 6.07 Å². The highest BCUT2D eigenvalue weighted by atomic mass is 127. The molecule has 0 amide bonds. The van der Waals surface area contributed by atoms with Crippen LogP contribution in [0.2, 0.25) is 0 Å². The number of hydrogen-bond donors (Lipinski definition) is 3. The minimum Gasteiger partial charge on any atom is -0.508 e. The van der Waals surface area contributed by atoms with Gasteiger partial charge in [-0.05, 0) is 106 Å². The Hall–Kier alpha value is -0.540. The Balaban J connectivity index is 1.90. The van der Waals surface area contributed by atoms with Gasteiger partial charge in [0.2, 0.25) is 0 Å². The number of aromatic hydroxyl groups is 1. The summed E-state index contributed by atoms with van der Waals surface area (Å²) in [7, 11) is 0. The molecule has 4 N–H and O–H groups in total. The molecule has 0 aliphatic carbocycles. The van der Waals surface area contributed by atoms with Gasteiger partial charge >= 0.3 is 0 Å². The van der Waals surface area contributed by atoms with Crippen molar-refractivity contribution in [2.75, 3.05) is 12.3 Å². The van der Waals surface area contributed by atoms with E-state index in [-0.39, 0.29) is 0 Å². The number of benzene rings is 2. The van der Waals surface area contributed by atoms with Gasteiger partial charge in [0, 0.05) is 13.2 Å². The van der Waals surface area contributed by atoms with Crippen molar-refractivity contribution in [1.82, 2.24) is 5.32 Å². The van der Waals surface area contributed by atoms with Crippen molar-refractivity contribution < 1.29 is 5.11 Å². The predicted octanol–water partition coefficient (Wildman–Crippen LogP) is 3.61. The number of rotatable bonds is 2. The fourth-order valence-corrected chi connectivity index (χ4v) is 4.71. The molecule has 1 aliphatic heterocycles. The van der Waals surface area contributed by atoms with Gasteiger partial charge in [0.05, 0.1) is 5.69 Å². The monoisotopic (exact) mass is 506 g/mol. The summed E-state index contributed by atoms with van der Waals surface area (Å²) < 4.78 is 2.22. The van der Waals surface area contributed by atoms with E-state index in [2.05, 4.69) is 62.6 Å². The summed E-state index contributed by atoms with van der Waals surface area (Å²) >= 11 is 4.58. The van der Waals surface area contributed by atoms with Crippen molar-refractivity contribution in [3.05, 3.63) is 54.2 Å². The van der Waals surface area contributed by atoms with Crippen LogP contribution in [-0.4, -0.2) is 11.7 Å². The number of nitrogens with two attached hydrogens (primary N) is 1.